The Morgan fingerprint density at radius 3 is 2.37 bits per heavy atom. The van der Waals surface area contributed by atoms with E-state index in [1.54, 1.807) is 9.47 Å². The molecule has 0 saturated carbocycles. The summed E-state index contributed by atoms with van der Waals surface area (Å²) in [5.74, 6) is 0. The van der Waals surface area contributed by atoms with Gasteiger partial charge >= 0.3 is 117 Å². The van der Waals surface area contributed by atoms with Crippen LogP contribution in [0.25, 0.3) is 0 Å². The molecule has 1 nitrogen and oxygen atoms in total. The molecule has 0 saturated heterocycles. The summed E-state index contributed by atoms with van der Waals surface area (Å²) in [6, 6.07) is 8.66. The zero-order valence-electron chi connectivity index (χ0n) is 11.5. The van der Waals surface area contributed by atoms with Gasteiger partial charge in [-0.3, -0.25) is 0 Å². The van der Waals surface area contributed by atoms with Gasteiger partial charge in [-0.25, -0.2) is 0 Å². The third-order valence-electron chi connectivity index (χ3n) is 3.10. The van der Waals surface area contributed by atoms with Crippen LogP contribution in [0.3, 0.4) is 0 Å². The van der Waals surface area contributed by atoms with Crippen molar-refractivity contribution in [2.24, 2.45) is 0 Å². The van der Waals surface area contributed by atoms with Gasteiger partial charge in [0.2, 0.25) is 0 Å². The molecule has 105 valence electrons. The first kappa shape index (κ1) is 17.2. The summed E-state index contributed by atoms with van der Waals surface area (Å²) in [6.45, 7) is 2.26. The summed E-state index contributed by atoms with van der Waals surface area (Å²) in [5, 5.41) is 3.21. The van der Waals surface area contributed by atoms with E-state index in [1.165, 1.54) is 50.5 Å². The fourth-order valence-electron chi connectivity index (χ4n) is 2.00. The van der Waals surface area contributed by atoms with Crippen LogP contribution in [0.1, 0.15) is 51.0 Å². The summed E-state index contributed by atoms with van der Waals surface area (Å²) < 4.78 is 0.827. The van der Waals surface area contributed by atoms with E-state index in [0.717, 1.165) is 10.0 Å². The Bertz CT molecular complexity index is 365. The fourth-order valence-corrected chi connectivity index (χ4v) is 2.59. The summed E-state index contributed by atoms with van der Waals surface area (Å²) >= 11 is 7.07. The number of hydrogen-bond donors (Lipinski definition) is 1. The van der Waals surface area contributed by atoms with Gasteiger partial charge in [0.15, 0.2) is 0 Å². The first-order valence-corrected chi connectivity index (χ1v) is 10.6. The van der Waals surface area contributed by atoms with E-state index in [4.69, 9.17) is 12.2 Å². The molecule has 0 atom stereocenters. The number of hydrogen-bond acceptors (Lipinski definition) is 2. The van der Waals surface area contributed by atoms with Crippen molar-refractivity contribution < 1.29 is 18.5 Å². The van der Waals surface area contributed by atoms with Gasteiger partial charge < -0.3 is 0 Å². The molecule has 1 aromatic rings. The minimum absolute atomic E-state index is 0.827. The van der Waals surface area contributed by atoms with E-state index in [0.29, 0.717) is 0 Å². The van der Waals surface area contributed by atoms with Crippen LogP contribution in [0.5, 0.6) is 0 Å². The zero-order chi connectivity index (χ0) is 13.9. The quantitative estimate of drug-likeness (QED) is 0.366. The summed E-state index contributed by atoms with van der Waals surface area (Å²) in [5.41, 5.74) is 2.52. The van der Waals surface area contributed by atoms with Crippen LogP contribution < -0.4 is 5.32 Å². The molecule has 0 amide bonds. The Hall–Kier alpha value is 0.148. The van der Waals surface area contributed by atoms with Crippen molar-refractivity contribution in [3.63, 3.8) is 0 Å². The summed E-state index contributed by atoms with van der Waals surface area (Å²) in [7, 11) is 1.58. The second-order valence-electron chi connectivity index (χ2n) is 4.71. The molecule has 0 radical (unpaired) electrons. The molecule has 19 heavy (non-hydrogen) atoms. The van der Waals surface area contributed by atoms with Gasteiger partial charge in [0.05, 0.1) is 0 Å². The Morgan fingerprint density at radius 2 is 1.74 bits per heavy atom. The first-order valence-electron chi connectivity index (χ1n) is 6.96. The molecule has 0 heterocycles. The van der Waals surface area contributed by atoms with E-state index in [1.807, 2.05) is 18.5 Å². The maximum absolute atomic E-state index is 5.14. The standard InChI is InChI=1S/C15H23NS2.Mo/c1-2-3-4-5-6-7-8-13-9-11-14(12-10-13)16-15(17)18;/h9-12H,2-8H2,1H3,(H2,16,17,18);/q;+1/p-1. The molecule has 1 aromatic carbocycles. The number of nitrogens with one attached hydrogen (secondary N) is 1. The fraction of sp³-hybridized carbons (Fsp3) is 0.533. The number of thiocarbonyl (C=S) groups is 1. The van der Waals surface area contributed by atoms with Gasteiger partial charge in [-0.1, -0.05) is 19.8 Å². The molecular weight excluding hydrogens is 354 g/mol. The van der Waals surface area contributed by atoms with Crippen LogP contribution in [-0.2, 0) is 25.0 Å². The van der Waals surface area contributed by atoms with Gasteiger partial charge in [-0.15, -0.1) is 0 Å². The molecular formula is C15H22MoNS2. The predicted molar refractivity (Wildman–Crippen MR) is 87.3 cm³/mol. The van der Waals surface area contributed by atoms with E-state index in [2.05, 4.69) is 36.5 Å². The Balaban J connectivity index is 2.22. The minimum atomic E-state index is 0.827. The number of aryl methyl sites for hydroxylation is 1. The predicted octanol–water partition coefficient (Wildman–Crippen LogP) is 5.48. The Labute approximate surface area is 136 Å². The molecule has 1 N–H and O–H groups in total. The number of unbranched alkanes of at least 4 members (excludes halogenated alkanes) is 5. The monoisotopic (exact) mass is 378 g/mol. The van der Waals surface area contributed by atoms with Crippen molar-refractivity contribution in [3.8, 4) is 0 Å². The first-order chi connectivity index (χ1) is 9.26. The van der Waals surface area contributed by atoms with Gasteiger partial charge in [-0.05, 0) is 0 Å². The van der Waals surface area contributed by atoms with Crippen LogP contribution in [0.15, 0.2) is 24.3 Å². The molecule has 0 unspecified atom stereocenters. The van der Waals surface area contributed by atoms with Crippen LogP contribution >= 0.6 is 21.7 Å². The molecule has 1 rings (SSSR count). The van der Waals surface area contributed by atoms with Gasteiger partial charge in [-0.2, -0.15) is 0 Å². The van der Waals surface area contributed by atoms with E-state index < -0.39 is 0 Å². The third kappa shape index (κ3) is 8.12. The van der Waals surface area contributed by atoms with Crippen molar-refractivity contribution in [1.29, 1.82) is 0 Å². The van der Waals surface area contributed by atoms with Crippen LogP contribution in [0, 0.1) is 0 Å². The second kappa shape index (κ2) is 10.9. The van der Waals surface area contributed by atoms with Gasteiger partial charge in [0, 0.05) is 0 Å². The van der Waals surface area contributed by atoms with Crippen molar-refractivity contribution >= 4 is 31.7 Å². The number of benzene rings is 1. The maximum atomic E-state index is 5.14. The SMILES string of the molecule is CCCCCCCCc1ccc(NC(=S)[S][Mo])cc1. The Kier molecular flexibility index (Phi) is 9.85. The van der Waals surface area contributed by atoms with Crippen LogP contribution in [0.2, 0.25) is 0 Å². The number of anilines is 1. The Morgan fingerprint density at radius 1 is 1.11 bits per heavy atom. The van der Waals surface area contributed by atoms with Crippen molar-refractivity contribution in [2.45, 2.75) is 51.9 Å². The topological polar surface area (TPSA) is 12.0 Å². The normalized spacial score (nSPS) is 10.4. The molecule has 0 bridgehead atoms. The third-order valence-corrected chi connectivity index (χ3v) is 5.77. The van der Waals surface area contributed by atoms with Crippen molar-refractivity contribution in [3.05, 3.63) is 29.8 Å². The van der Waals surface area contributed by atoms with Gasteiger partial charge in [0.1, 0.15) is 0 Å². The van der Waals surface area contributed by atoms with Crippen molar-refractivity contribution in [1.82, 2.24) is 0 Å². The average Bonchev–Trinajstić information content (AvgIpc) is 2.44. The second-order valence-corrected chi connectivity index (χ2v) is 7.18. The summed E-state index contributed by atoms with van der Waals surface area (Å²) in [4.78, 5) is 0. The van der Waals surface area contributed by atoms with Crippen molar-refractivity contribution in [2.75, 3.05) is 5.32 Å². The zero-order valence-corrected chi connectivity index (χ0v) is 15.1. The summed E-state index contributed by atoms with van der Waals surface area (Å²) in [6.07, 6.45) is 9.35. The van der Waals surface area contributed by atoms with E-state index in [9.17, 15) is 0 Å². The van der Waals surface area contributed by atoms with E-state index in [-0.39, 0.29) is 0 Å². The van der Waals surface area contributed by atoms with E-state index >= 15 is 0 Å². The molecule has 0 aliphatic rings. The molecule has 0 fully saturated rings. The van der Waals surface area contributed by atoms with Crippen LogP contribution in [0.4, 0.5) is 5.69 Å². The van der Waals surface area contributed by atoms with Gasteiger partial charge in [0.25, 0.3) is 0 Å². The number of rotatable bonds is 8. The molecule has 0 aliphatic heterocycles. The molecule has 0 spiro atoms. The molecule has 0 aromatic heterocycles. The van der Waals surface area contributed by atoms with Crippen LogP contribution in [-0.4, -0.2) is 4.32 Å². The molecule has 0 aliphatic carbocycles. The average molecular weight is 376 g/mol. The molecule has 4 heteroatoms.